The number of nitrogens with one attached hydrogen (secondary N) is 1. The van der Waals surface area contributed by atoms with Crippen molar-refractivity contribution in [2.45, 2.75) is 13.8 Å². The highest BCUT2D eigenvalue weighted by molar-refractivity contribution is 5.51. The minimum absolute atomic E-state index is 0.468. The van der Waals surface area contributed by atoms with Gasteiger partial charge >= 0.3 is 0 Å². The molecule has 112 valence electrons. The molecule has 1 aromatic heterocycles. The Balaban J connectivity index is 1.85. The molecule has 0 aliphatic rings. The van der Waals surface area contributed by atoms with Crippen molar-refractivity contribution in [1.82, 2.24) is 9.97 Å². The summed E-state index contributed by atoms with van der Waals surface area (Å²) in [7, 11) is 0. The first kappa shape index (κ1) is 14.9. The van der Waals surface area contributed by atoms with Gasteiger partial charge in [-0.1, -0.05) is 12.1 Å². The number of ether oxygens (including phenoxy) is 2. The largest absolute Gasteiger partial charge is 0.490 e. The molecule has 0 unspecified atom stereocenters. The molecular weight excluding hydrogens is 268 g/mol. The van der Waals surface area contributed by atoms with Gasteiger partial charge in [-0.2, -0.15) is 4.98 Å². The standard InChI is InChI=1S/C15H20N4O2/c1-3-20-14-10-11(2)18-15(19-14)17-8-9-21-13-7-5-4-6-12(13)16/h4-7,10H,3,8-9,16H2,1-2H3,(H,17,18,19). The number of para-hydroxylation sites is 2. The van der Waals surface area contributed by atoms with E-state index in [2.05, 4.69) is 15.3 Å². The second-order valence-corrected chi connectivity index (χ2v) is 4.42. The molecule has 0 saturated heterocycles. The summed E-state index contributed by atoms with van der Waals surface area (Å²) in [5, 5.41) is 3.11. The van der Waals surface area contributed by atoms with Gasteiger partial charge in [0.2, 0.25) is 11.8 Å². The van der Waals surface area contributed by atoms with Crippen LogP contribution in [-0.4, -0.2) is 29.7 Å². The third kappa shape index (κ3) is 4.52. The van der Waals surface area contributed by atoms with Crippen molar-refractivity contribution in [1.29, 1.82) is 0 Å². The number of nitrogens with zero attached hydrogens (tertiary/aromatic N) is 2. The van der Waals surface area contributed by atoms with E-state index in [9.17, 15) is 0 Å². The number of hydrogen-bond acceptors (Lipinski definition) is 6. The Morgan fingerprint density at radius 2 is 2.00 bits per heavy atom. The van der Waals surface area contributed by atoms with Crippen LogP contribution in [0.2, 0.25) is 0 Å². The fraction of sp³-hybridized carbons (Fsp3) is 0.333. The van der Waals surface area contributed by atoms with Crippen LogP contribution in [0.15, 0.2) is 30.3 Å². The predicted octanol–water partition coefficient (Wildman–Crippen LogP) is 2.26. The molecule has 0 aliphatic carbocycles. The summed E-state index contributed by atoms with van der Waals surface area (Å²) in [6, 6.07) is 9.20. The van der Waals surface area contributed by atoms with Gasteiger partial charge < -0.3 is 20.5 Å². The number of nitrogen functional groups attached to an aromatic ring is 1. The van der Waals surface area contributed by atoms with E-state index in [1.807, 2.05) is 32.0 Å². The second-order valence-electron chi connectivity index (χ2n) is 4.42. The fourth-order valence-electron chi connectivity index (χ4n) is 1.78. The van der Waals surface area contributed by atoms with Crippen LogP contribution in [0.1, 0.15) is 12.6 Å². The molecule has 0 spiro atoms. The van der Waals surface area contributed by atoms with Gasteiger partial charge in [0.05, 0.1) is 18.8 Å². The summed E-state index contributed by atoms with van der Waals surface area (Å²) >= 11 is 0. The first-order chi connectivity index (χ1) is 10.2. The number of benzene rings is 1. The van der Waals surface area contributed by atoms with Crippen LogP contribution in [0.5, 0.6) is 11.6 Å². The molecule has 3 N–H and O–H groups in total. The van der Waals surface area contributed by atoms with Crippen LogP contribution >= 0.6 is 0 Å². The van der Waals surface area contributed by atoms with E-state index >= 15 is 0 Å². The van der Waals surface area contributed by atoms with Gasteiger partial charge in [0.1, 0.15) is 12.4 Å². The molecular formula is C15H20N4O2. The zero-order chi connectivity index (χ0) is 15.1. The van der Waals surface area contributed by atoms with Crippen molar-refractivity contribution >= 4 is 11.6 Å². The van der Waals surface area contributed by atoms with Crippen molar-refractivity contribution in [3.8, 4) is 11.6 Å². The summed E-state index contributed by atoms with van der Waals surface area (Å²) < 4.78 is 11.0. The van der Waals surface area contributed by atoms with Gasteiger partial charge in [0, 0.05) is 11.8 Å². The third-order valence-corrected chi connectivity index (χ3v) is 2.68. The van der Waals surface area contributed by atoms with Crippen LogP contribution in [0, 0.1) is 6.92 Å². The molecule has 2 aromatic rings. The Kier molecular flexibility index (Phi) is 5.20. The summed E-state index contributed by atoms with van der Waals surface area (Å²) in [5.41, 5.74) is 7.28. The van der Waals surface area contributed by atoms with Crippen LogP contribution in [0.25, 0.3) is 0 Å². The monoisotopic (exact) mass is 288 g/mol. The number of aryl methyl sites for hydroxylation is 1. The normalized spacial score (nSPS) is 10.2. The average molecular weight is 288 g/mol. The minimum Gasteiger partial charge on any atom is -0.490 e. The lowest BCUT2D eigenvalue weighted by atomic mass is 10.3. The van der Waals surface area contributed by atoms with Crippen molar-refractivity contribution < 1.29 is 9.47 Å². The quantitative estimate of drug-likeness (QED) is 0.600. The molecule has 0 atom stereocenters. The van der Waals surface area contributed by atoms with E-state index < -0.39 is 0 Å². The van der Waals surface area contributed by atoms with Crippen LogP contribution in [0.4, 0.5) is 11.6 Å². The van der Waals surface area contributed by atoms with E-state index in [-0.39, 0.29) is 0 Å². The van der Waals surface area contributed by atoms with E-state index in [4.69, 9.17) is 15.2 Å². The zero-order valence-electron chi connectivity index (χ0n) is 12.3. The number of rotatable bonds is 7. The van der Waals surface area contributed by atoms with Gasteiger partial charge in [0.15, 0.2) is 0 Å². The van der Waals surface area contributed by atoms with Crippen molar-refractivity contribution in [2.24, 2.45) is 0 Å². The number of hydrogen-bond donors (Lipinski definition) is 2. The highest BCUT2D eigenvalue weighted by Crippen LogP contribution is 2.19. The van der Waals surface area contributed by atoms with E-state index in [0.29, 0.717) is 43.0 Å². The smallest absolute Gasteiger partial charge is 0.226 e. The maximum atomic E-state index is 5.80. The molecule has 0 fully saturated rings. The Morgan fingerprint density at radius 3 is 2.76 bits per heavy atom. The molecule has 0 saturated carbocycles. The van der Waals surface area contributed by atoms with Crippen molar-refractivity contribution in [2.75, 3.05) is 30.8 Å². The lowest BCUT2D eigenvalue weighted by Gasteiger charge is -2.10. The lowest BCUT2D eigenvalue weighted by molar-refractivity contribution is 0.325. The summed E-state index contributed by atoms with van der Waals surface area (Å²) in [4.78, 5) is 8.56. The van der Waals surface area contributed by atoms with Gasteiger partial charge in [0.25, 0.3) is 0 Å². The molecule has 21 heavy (non-hydrogen) atoms. The zero-order valence-corrected chi connectivity index (χ0v) is 12.3. The Hall–Kier alpha value is -2.50. The second kappa shape index (κ2) is 7.33. The maximum Gasteiger partial charge on any atom is 0.226 e. The fourth-order valence-corrected chi connectivity index (χ4v) is 1.78. The molecule has 1 aromatic carbocycles. The average Bonchev–Trinajstić information content (AvgIpc) is 2.45. The lowest BCUT2D eigenvalue weighted by Crippen LogP contribution is -2.14. The predicted molar refractivity (Wildman–Crippen MR) is 82.8 cm³/mol. The first-order valence-electron chi connectivity index (χ1n) is 6.88. The number of nitrogens with two attached hydrogens (primary N) is 1. The van der Waals surface area contributed by atoms with Crippen LogP contribution in [-0.2, 0) is 0 Å². The molecule has 0 radical (unpaired) electrons. The van der Waals surface area contributed by atoms with Crippen molar-refractivity contribution in [3.05, 3.63) is 36.0 Å². The summed E-state index contributed by atoms with van der Waals surface area (Å²) in [6.07, 6.45) is 0. The van der Waals surface area contributed by atoms with E-state index in [0.717, 1.165) is 5.69 Å². The van der Waals surface area contributed by atoms with Gasteiger partial charge in [-0.15, -0.1) is 0 Å². The highest BCUT2D eigenvalue weighted by atomic mass is 16.5. The summed E-state index contributed by atoms with van der Waals surface area (Å²) in [6.45, 7) is 5.43. The molecule has 6 nitrogen and oxygen atoms in total. The topological polar surface area (TPSA) is 82.3 Å². The molecule has 0 amide bonds. The SMILES string of the molecule is CCOc1cc(C)nc(NCCOc2ccccc2N)n1. The molecule has 1 heterocycles. The first-order valence-corrected chi connectivity index (χ1v) is 6.88. The van der Waals surface area contributed by atoms with Crippen LogP contribution in [0.3, 0.4) is 0 Å². The minimum atomic E-state index is 0.468. The molecule has 0 aliphatic heterocycles. The van der Waals surface area contributed by atoms with E-state index in [1.165, 1.54) is 0 Å². The van der Waals surface area contributed by atoms with E-state index in [1.54, 1.807) is 12.1 Å². The number of aromatic nitrogens is 2. The van der Waals surface area contributed by atoms with Crippen molar-refractivity contribution in [3.63, 3.8) is 0 Å². The van der Waals surface area contributed by atoms with Gasteiger partial charge in [-0.3, -0.25) is 0 Å². The number of anilines is 2. The third-order valence-electron chi connectivity index (χ3n) is 2.68. The van der Waals surface area contributed by atoms with Crippen LogP contribution < -0.4 is 20.5 Å². The highest BCUT2D eigenvalue weighted by Gasteiger charge is 2.03. The molecule has 6 heteroatoms. The molecule has 0 bridgehead atoms. The van der Waals surface area contributed by atoms with Gasteiger partial charge in [-0.05, 0) is 26.0 Å². The van der Waals surface area contributed by atoms with Gasteiger partial charge in [-0.25, -0.2) is 4.98 Å². The maximum absolute atomic E-state index is 5.80. The molecule has 2 rings (SSSR count). The Morgan fingerprint density at radius 1 is 1.19 bits per heavy atom. The Labute approximate surface area is 124 Å². The Bertz CT molecular complexity index is 590. The summed E-state index contributed by atoms with van der Waals surface area (Å²) in [5.74, 6) is 1.78.